The topological polar surface area (TPSA) is 99.5 Å². The van der Waals surface area contributed by atoms with Crippen LogP contribution in [0.1, 0.15) is 68.2 Å². The van der Waals surface area contributed by atoms with Gasteiger partial charge in [-0.25, -0.2) is 9.59 Å². The molecule has 0 aromatic rings. The summed E-state index contributed by atoms with van der Waals surface area (Å²) in [6, 6.07) is 0. The van der Waals surface area contributed by atoms with E-state index in [1.165, 1.54) is 0 Å². The number of rotatable bonds is 2. The van der Waals surface area contributed by atoms with E-state index in [2.05, 4.69) is 0 Å². The second kappa shape index (κ2) is 10.7. The smallest absolute Gasteiger partial charge is 0.410 e. The van der Waals surface area contributed by atoms with E-state index in [0.29, 0.717) is 26.2 Å². The lowest BCUT2D eigenvalue weighted by Gasteiger charge is -2.24. The van der Waals surface area contributed by atoms with Gasteiger partial charge in [0.15, 0.2) is 0 Å². The fourth-order valence-corrected chi connectivity index (χ4v) is 3.46. The van der Waals surface area contributed by atoms with Crippen molar-refractivity contribution in [3.05, 3.63) is 0 Å². The largest absolute Gasteiger partial charge is 0.444 e. The van der Waals surface area contributed by atoms with Gasteiger partial charge in [0.1, 0.15) is 11.2 Å². The molecule has 8 nitrogen and oxygen atoms in total. The number of aliphatic hydroxyl groups excluding tert-OH is 2. The molecule has 2 rings (SSSR count). The third-order valence-electron chi connectivity index (χ3n) is 5.17. The maximum absolute atomic E-state index is 11.7. The molecule has 0 unspecified atom stereocenters. The Kier molecular flexibility index (Phi) is 9.42. The molecule has 0 saturated carbocycles. The Labute approximate surface area is 181 Å². The minimum Gasteiger partial charge on any atom is -0.444 e. The quantitative estimate of drug-likeness (QED) is 0.698. The molecule has 2 N–H and O–H groups in total. The van der Waals surface area contributed by atoms with Gasteiger partial charge in [0, 0.05) is 24.9 Å². The van der Waals surface area contributed by atoms with Crippen LogP contribution in [0.15, 0.2) is 0 Å². The van der Waals surface area contributed by atoms with Crippen molar-refractivity contribution in [2.75, 3.05) is 26.2 Å². The standard InChI is InChI=1S/2C11H21NO3/c2*1-5-8-6-12(7-9(8)13)10(14)15-11(2,3)4/h2*8-9,13H,5-7H2,1-4H3/t2*8-,9-/m10/s1. The fraction of sp³-hybridized carbons (Fsp3) is 0.909. The van der Waals surface area contributed by atoms with Crippen LogP contribution >= 0.6 is 0 Å². The first-order chi connectivity index (χ1) is 13.7. The van der Waals surface area contributed by atoms with E-state index in [1.54, 1.807) is 9.80 Å². The minimum absolute atomic E-state index is 0.192. The molecule has 0 aliphatic carbocycles. The first-order valence-electron chi connectivity index (χ1n) is 11.0. The second-order valence-electron chi connectivity index (χ2n) is 10.2. The van der Waals surface area contributed by atoms with Crippen LogP contribution in [0.2, 0.25) is 0 Å². The number of nitrogens with zero attached hydrogens (tertiary/aromatic N) is 2. The lowest BCUT2D eigenvalue weighted by molar-refractivity contribution is 0.0261. The van der Waals surface area contributed by atoms with Gasteiger partial charge in [-0.15, -0.1) is 0 Å². The monoisotopic (exact) mass is 430 g/mol. The molecule has 0 radical (unpaired) electrons. The number of hydrogen-bond acceptors (Lipinski definition) is 6. The molecule has 2 heterocycles. The first-order valence-corrected chi connectivity index (χ1v) is 11.0. The van der Waals surface area contributed by atoms with Crippen molar-refractivity contribution < 1.29 is 29.3 Å². The van der Waals surface area contributed by atoms with Gasteiger partial charge in [0.25, 0.3) is 0 Å². The lowest BCUT2D eigenvalue weighted by Crippen LogP contribution is -2.35. The van der Waals surface area contributed by atoms with E-state index in [9.17, 15) is 19.8 Å². The predicted molar refractivity (Wildman–Crippen MR) is 115 cm³/mol. The van der Waals surface area contributed by atoms with Crippen LogP contribution in [0.4, 0.5) is 9.59 Å². The molecule has 0 aromatic heterocycles. The summed E-state index contributed by atoms with van der Waals surface area (Å²) in [6.45, 7) is 17.1. The van der Waals surface area contributed by atoms with Crippen LogP contribution in [0.25, 0.3) is 0 Å². The molecule has 2 saturated heterocycles. The Morgan fingerprint density at radius 1 is 0.733 bits per heavy atom. The van der Waals surface area contributed by atoms with Crippen molar-refractivity contribution in [3.63, 3.8) is 0 Å². The second-order valence-corrected chi connectivity index (χ2v) is 10.2. The van der Waals surface area contributed by atoms with Crippen molar-refractivity contribution in [3.8, 4) is 0 Å². The molecule has 176 valence electrons. The zero-order valence-electron chi connectivity index (χ0n) is 20.0. The van der Waals surface area contributed by atoms with Crippen molar-refractivity contribution in [1.29, 1.82) is 0 Å². The Bertz CT molecular complexity index is 519. The highest BCUT2D eigenvalue weighted by Crippen LogP contribution is 2.23. The third kappa shape index (κ3) is 8.68. The van der Waals surface area contributed by atoms with Crippen molar-refractivity contribution in [2.24, 2.45) is 11.8 Å². The summed E-state index contributed by atoms with van der Waals surface area (Å²) >= 11 is 0. The Hall–Kier alpha value is -1.54. The average molecular weight is 431 g/mol. The summed E-state index contributed by atoms with van der Waals surface area (Å²) < 4.78 is 10.5. The molecule has 30 heavy (non-hydrogen) atoms. The molecular formula is C22H42N2O6. The molecule has 2 aliphatic rings. The number of carbonyl (C=O) groups is 2. The normalized spacial score (nSPS) is 26.9. The number of β-amino-alcohol motifs (C(OH)–C–C–N with tert-alkyl or cyclic N) is 2. The van der Waals surface area contributed by atoms with Crippen molar-refractivity contribution >= 4 is 12.2 Å². The zero-order valence-corrected chi connectivity index (χ0v) is 20.0. The zero-order chi connectivity index (χ0) is 23.3. The summed E-state index contributed by atoms with van der Waals surface area (Å²) in [4.78, 5) is 26.5. The molecule has 4 atom stereocenters. The number of likely N-dealkylation sites (tertiary alicyclic amines) is 2. The van der Waals surface area contributed by atoms with Crippen LogP contribution in [0.5, 0.6) is 0 Å². The van der Waals surface area contributed by atoms with Gasteiger partial charge < -0.3 is 29.5 Å². The van der Waals surface area contributed by atoms with E-state index < -0.39 is 23.4 Å². The molecule has 0 bridgehead atoms. The number of carbonyl (C=O) groups excluding carboxylic acids is 2. The molecule has 0 spiro atoms. The van der Waals surface area contributed by atoms with Crippen LogP contribution in [-0.4, -0.2) is 81.8 Å². The van der Waals surface area contributed by atoms with E-state index in [1.807, 2.05) is 55.4 Å². The fourth-order valence-electron chi connectivity index (χ4n) is 3.46. The first kappa shape index (κ1) is 26.5. The molecule has 8 heteroatoms. The number of amides is 2. The van der Waals surface area contributed by atoms with Crippen molar-refractivity contribution in [2.45, 2.75) is 91.6 Å². The van der Waals surface area contributed by atoms with Gasteiger partial charge in [-0.05, 0) is 54.4 Å². The van der Waals surface area contributed by atoms with Crippen LogP contribution in [-0.2, 0) is 9.47 Å². The molecular weight excluding hydrogens is 388 g/mol. The maximum Gasteiger partial charge on any atom is 0.410 e. The van der Waals surface area contributed by atoms with E-state index in [4.69, 9.17) is 9.47 Å². The highest BCUT2D eigenvalue weighted by Gasteiger charge is 2.35. The van der Waals surface area contributed by atoms with E-state index in [0.717, 1.165) is 12.8 Å². The lowest BCUT2D eigenvalue weighted by atomic mass is 10.0. The van der Waals surface area contributed by atoms with Crippen molar-refractivity contribution in [1.82, 2.24) is 9.80 Å². The van der Waals surface area contributed by atoms with Gasteiger partial charge >= 0.3 is 12.2 Å². The van der Waals surface area contributed by atoms with Crippen LogP contribution in [0.3, 0.4) is 0 Å². The molecule has 2 aliphatic heterocycles. The van der Waals surface area contributed by atoms with E-state index >= 15 is 0 Å². The van der Waals surface area contributed by atoms with Gasteiger partial charge in [-0.2, -0.15) is 0 Å². The summed E-state index contributed by atoms with van der Waals surface area (Å²) in [7, 11) is 0. The average Bonchev–Trinajstić information content (AvgIpc) is 3.15. The highest BCUT2D eigenvalue weighted by atomic mass is 16.6. The summed E-state index contributed by atoms with van der Waals surface area (Å²) in [6.07, 6.45) is 0.334. The van der Waals surface area contributed by atoms with Gasteiger partial charge in [-0.1, -0.05) is 13.8 Å². The van der Waals surface area contributed by atoms with Gasteiger partial charge in [-0.3, -0.25) is 0 Å². The summed E-state index contributed by atoms with van der Waals surface area (Å²) in [5.41, 5.74) is -0.932. The Balaban J connectivity index is 0.000000300. The Morgan fingerprint density at radius 2 is 1.03 bits per heavy atom. The van der Waals surface area contributed by atoms with Gasteiger partial charge in [0.05, 0.1) is 25.3 Å². The highest BCUT2D eigenvalue weighted by molar-refractivity contribution is 5.69. The minimum atomic E-state index is -0.466. The third-order valence-corrected chi connectivity index (χ3v) is 5.17. The summed E-state index contributed by atoms with van der Waals surface area (Å²) in [5, 5.41) is 19.3. The maximum atomic E-state index is 11.7. The molecule has 2 amide bonds. The predicted octanol–water partition coefficient (Wildman–Crippen LogP) is 3.25. The Morgan fingerprint density at radius 3 is 1.23 bits per heavy atom. The van der Waals surface area contributed by atoms with Crippen LogP contribution < -0.4 is 0 Å². The molecule has 0 aromatic carbocycles. The SMILES string of the molecule is CC[C@@H]1CN(C(=O)OC(C)(C)C)C[C@H]1O.CC[C@H]1CN(C(=O)OC(C)(C)C)C[C@@H]1O. The molecule has 2 fully saturated rings. The number of hydrogen-bond donors (Lipinski definition) is 2. The van der Waals surface area contributed by atoms with E-state index in [-0.39, 0.29) is 24.0 Å². The van der Waals surface area contributed by atoms with Gasteiger partial charge in [0.2, 0.25) is 0 Å². The summed E-state index contributed by atoms with van der Waals surface area (Å²) in [5.74, 6) is 0.384. The number of ether oxygens (including phenoxy) is 2. The number of aliphatic hydroxyl groups is 2. The van der Waals surface area contributed by atoms with Crippen LogP contribution in [0, 0.1) is 11.8 Å².